The highest BCUT2D eigenvalue weighted by molar-refractivity contribution is 7.13. The Balaban J connectivity index is 1.96. The molecule has 114 valence electrons. The Morgan fingerprint density at radius 1 is 1.38 bits per heavy atom. The Kier molecular flexibility index (Phi) is 5.59. The standard InChI is InChI=1S/C16H23N3OS/c1-4-7-17-12(3)9-13-10-21-16(18-13)19-14-6-5-11(2)8-15(14)20/h5-6,8,10,12,17,20H,4,7,9H2,1-3H3,(H,18,19). The molecule has 0 spiro atoms. The van der Waals surface area contributed by atoms with Gasteiger partial charge in [-0.15, -0.1) is 11.3 Å². The van der Waals surface area contributed by atoms with E-state index in [4.69, 9.17) is 0 Å². The van der Waals surface area contributed by atoms with Crippen molar-refractivity contribution in [1.29, 1.82) is 0 Å². The van der Waals surface area contributed by atoms with Crippen LogP contribution in [-0.4, -0.2) is 22.7 Å². The molecule has 0 aliphatic carbocycles. The number of hydrogen-bond donors (Lipinski definition) is 3. The number of hydrogen-bond acceptors (Lipinski definition) is 5. The fraction of sp³-hybridized carbons (Fsp3) is 0.438. The van der Waals surface area contributed by atoms with Crippen LogP contribution in [0.4, 0.5) is 10.8 Å². The normalized spacial score (nSPS) is 12.3. The second-order valence-electron chi connectivity index (χ2n) is 5.35. The molecule has 4 nitrogen and oxygen atoms in total. The first-order valence-corrected chi connectivity index (χ1v) is 8.21. The molecule has 0 fully saturated rings. The van der Waals surface area contributed by atoms with Crippen LogP contribution in [0.1, 0.15) is 31.5 Å². The predicted molar refractivity (Wildman–Crippen MR) is 89.7 cm³/mol. The fourth-order valence-corrected chi connectivity index (χ4v) is 2.83. The summed E-state index contributed by atoms with van der Waals surface area (Å²) in [6.07, 6.45) is 2.05. The molecule has 0 saturated heterocycles. The minimum absolute atomic E-state index is 0.254. The molecular weight excluding hydrogens is 282 g/mol. The van der Waals surface area contributed by atoms with Crippen molar-refractivity contribution in [1.82, 2.24) is 10.3 Å². The average molecular weight is 305 g/mol. The molecule has 0 amide bonds. The third kappa shape index (κ3) is 4.72. The summed E-state index contributed by atoms with van der Waals surface area (Å²) in [7, 11) is 0. The second-order valence-corrected chi connectivity index (χ2v) is 6.21. The van der Waals surface area contributed by atoms with Crippen LogP contribution in [0, 0.1) is 6.92 Å². The van der Waals surface area contributed by atoms with Crippen LogP contribution in [0.3, 0.4) is 0 Å². The number of benzene rings is 1. The molecule has 1 unspecified atom stereocenters. The third-order valence-electron chi connectivity index (χ3n) is 3.20. The molecule has 1 heterocycles. The highest BCUT2D eigenvalue weighted by atomic mass is 32.1. The molecule has 0 bridgehead atoms. The number of aryl methyl sites for hydroxylation is 1. The topological polar surface area (TPSA) is 57.2 Å². The van der Waals surface area contributed by atoms with Gasteiger partial charge in [0.2, 0.25) is 0 Å². The summed E-state index contributed by atoms with van der Waals surface area (Å²) in [6, 6.07) is 6.01. The number of nitrogens with one attached hydrogen (secondary N) is 2. The molecule has 2 rings (SSSR count). The maximum absolute atomic E-state index is 9.91. The van der Waals surface area contributed by atoms with E-state index in [0.29, 0.717) is 11.7 Å². The lowest BCUT2D eigenvalue weighted by molar-refractivity contribution is 0.477. The van der Waals surface area contributed by atoms with Crippen molar-refractivity contribution in [3.05, 3.63) is 34.8 Å². The maximum atomic E-state index is 9.91. The molecule has 3 N–H and O–H groups in total. The lowest BCUT2D eigenvalue weighted by atomic mass is 10.2. The predicted octanol–water partition coefficient (Wildman–Crippen LogP) is 3.83. The molecule has 0 aliphatic heterocycles. The summed E-state index contributed by atoms with van der Waals surface area (Å²) < 4.78 is 0. The van der Waals surface area contributed by atoms with E-state index in [2.05, 4.69) is 34.8 Å². The van der Waals surface area contributed by atoms with Gasteiger partial charge in [0, 0.05) is 17.8 Å². The molecule has 5 heteroatoms. The van der Waals surface area contributed by atoms with Gasteiger partial charge in [-0.3, -0.25) is 0 Å². The van der Waals surface area contributed by atoms with Crippen LogP contribution in [-0.2, 0) is 6.42 Å². The first kappa shape index (κ1) is 15.8. The fourth-order valence-electron chi connectivity index (χ4n) is 2.10. The van der Waals surface area contributed by atoms with Gasteiger partial charge in [-0.25, -0.2) is 4.98 Å². The lowest BCUT2D eigenvalue weighted by Gasteiger charge is -2.11. The summed E-state index contributed by atoms with van der Waals surface area (Å²) in [4.78, 5) is 4.57. The number of nitrogens with zero attached hydrogens (tertiary/aromatic N) is 1. The van der Waals surface area contributed by atoms with E-state index in [9.17, 15) is 5.11 Å². The number of rotatable bonds is 7. The van der Waals surface area contributed by atoms with E-state index >= 15 is 0 Å². The van der Waals surface area contributed by atoms with Gasteiger partial charge in [0.1, 0.15) is 5.75 Å². The quantitative estimate of drug-likeness (QED) is 0.680. The number of aromatic hydroxyl groups is 1. The number of aromatic nitrogens is 1. The Bertz CT molecular complexity index is 583. The Labute approximate surface area is 130 Å². The smallest absolute Gasteiger partial charge is 0.187 e. The first-order chi connectivity index (χ1) is 10.1. The van der Waals surface area contributed by atoms with Gasteiger partial charge in [0.25, 0.3) is 0 Å². The number of thiazole rings is 1. The molecule has 0 radical (unpaired) electrons. The molecule has 21 heavy (non-hydrogen) atoms. The zero-order valence-electron chi connectivity index (χ0n) is 12.8. The summed E-state index contributed by atoms with van der Waals surface area (Å²) in [5, 5.41) is 19.4. The average Bonchev–Trinajstić information content (AvgIpc) is 2.87. The van der Waals surface area contributed by atoms with Crippen LogP contribution in [0.2, 0.25) is 0 Å². The maximum Gasteiger partial charge on any atom is 0.187 e. The molecule has 0 aliphatic rings. The van der Waals surface area contributed by atoms with Gasteiger partial charge in [-0.05, 0) is 44.5 Å². The first-order valence-electron chi connectivity index (χ1n) is 7.33. The third-order valence-corrected chi connectivity index (χ3v) is 4.01. The summed E-state index contributed by atoms with van der Waals surface area (Å²) in [6.45, 7) is 7.33. The van der Waals surface area contributed by atoms with E-state index in [-0.39, 0.29) is 5.75 Å². The lowest BCUT2D eigenvalue weighted by Crippen LogP contribution is -2.28. The molecule has 1 atom stereocenters. The highest BCUT2D eigenvalue weighted by Crippen LogP contribution is 2.29. The Morgan fingerprint density at radius 2 is 2.19 bits per heavy atom. The SMILES string of the molecule is CCCNC(C)Cc1csc(Nc2ccc(C)cc2O)n1. The number of phenolic OH excluding ortho intramolecular Hbond substituents is 1. The van der Waals surface area contributed by atoms with Crippen molar-refractivity contribution in [3.63, 3.8) is 0 Å². The van der Waals surface area contributed by atoms with Crippen LogP contribution in [0.25, 0.3) is 0 Å². The van der Waals surface area contributed by atoms with Crippen molar-refractivity contribution < 1.29 is 5.11 Å². The van der Waals surface area contributed by atoms with E-state index in [1.807, 2.05) is 19.1 Å². The zero-order chi connectivity index (χ0) is 15.2. The molecule has 1 aromatic heterocycles. The van der Waals surface area contributed by atoms with Crippen LogP contribution in [0.15, 0.2) is 23.6 Å². The van der Waals surface area contributed by atoms with Crippen LogP contribution < -0.4 is 10.6 Å². The number of anilines is 2. The Hall–Kier alpha value is -1.59. The van der Waals surface area contributed by atoms with Crippen molar-refractivity contribution in [2.45, 2.75) is 39.7 Å². The van der Waals surface area contributed by atoms with E-state index in [1.54, 1.807) is 17.4 Å². The molecule has 2 aromatic rings. The van der Waals surface area contributed by atoms with Crippen molar-refractivity contribution in [2.24, 2.45) is 0 Å². The van der Waals surface area contributed by atoms with Gasteiger partial charge in [-0.2, -0.15) is 0 Å². The zero-order valence-corrected chi connectivity index (χ0v) is 13.6. The van der Waals surface area contributed by atoms with Gasteiger partial charge >= 0.3 is 0 Å². The summed E-state index contributed by atoms with van der Waals surface area (Å²) in [5.74, 6) is 0.254. The Morgan fingerprint density at radius 3 is 2.90 bits per heavy atom. The van der Waals surface area contributed by atoms with Gasteiger partial charge in [0.05, 0.1) is 11.4 Å². The van der Waals surface area contributed by atoms with Gasteiger partial charge in [-0.1, -0.05) is 13.0 Å². The monoisotopic (exact) mass is 305 g/mol. The van der Waals surface area contributed by atoms with E-state index in [1.165, 1.54) is 0 Å². The van der Waals surface area contributed by atoms with Crippen molar-refractivity contribution in [3.8, 4) is 5.75 Å². The van der Waals surface area contributed by atoms with Crippen molar-refractivity contribution >= 4 is 22.2 Å². The van der Waals surface area contributed by atoms with E-state index < -0.39 is 0 Å². The summed E-state index contributed by atoms with van der Waals surface area (Å²) in [5.41, 5.74) is 2.80. The van der Waals surface area contributed by atoms with Crippen LogP contribution >= 0.6 is 11.3 Å². The van der Waals surface area contributed by atoms with Crippen LogP contribution in [0.5, 0.6) is 5.75 Å². The molecule has 1 aromatic carbocycles. The largest absolute Gasteiger partial charge is 0.506 e. The number of phenols is 1. The van der Waals surface area contributed by atoms with Crippen molar-refractivity contribution in [2.75, 3.05) is 11.9 Å². The molecule has 0 saturated carbocycles. The molecular formula is C16H23N3OS. The van der Waals surface area contributed by atoms with E-state index in [0.717, 1.165) is 35.8 Å². The minimum Gasteiger partial charge on any atom is -0.506 e. The minimum atomic E-state index is 0.254. The summed E-state index contributed by atoms with van der Waals surface area (Å²) >= 11 is 1.56. The second kappa shape index (κ2) is 7.43. The van der Waals surface area contributed by atoms with Gasteiger partial charge in [0.15, 0.2) is 5.13 Å². The van der Waals surface area contributed by atoms with Gasteiger partial charge < -0.3 is 15.7 Å². The highest BCUT2D eigenvalue weighted by Gasteiger charge is 2.08.